The molecule has 1 N–H and O–H groups in total. The van der Waals surface area contributed by atoms with Crippen molar-refractivity contribution < 1.29 is 14.0 Å². The Bertz CT molecular complexity index is 865. The summed E-state index contributed by atoms with van der Waals surface area (Å²) in [5.41, 5.74) is 2.17. The van der Waals surface area contributed by atoms with Crippen LogP contribution in [0.4, 0.5) is 10.1 Å². The molecule has 2 aromatic carbocycles. The molecule has 0 bridgehead atoms. The monoisotopic (exact) mass is 352 g/mol. The van der Waals surface area contributed by atoms with E-state index in [1.807, 2.05) is 36.1 Å². The Hall–Kier alpha value is -2.69. The Morgan fingerprint density at radius 3 is 2.69 bits per heavy atom. The van der Waals surface area contributed by atoms with Gasteiger partial charge in [-0.2, -0.15) is 0 Å². The van der Waals surface area contributed by atoms with Crippen LogP contribution in [0.25, 0.3) is 0 Å². The number of anilines is 1. The fourth-order valence-corrected chi connectivity index (χ4v) is 3.91. The van der Waals surface area contributed by atoms with Crippen LogP contribution in [0.2, 0.25) is 0 Å². The molecular weight excluding hydrogens is 331 g/mol. The molecule has 2 unspecified atom stereocenters. The molecular formula is C21H21FN2O2. The van der Waals surface area contributed by atoms with Crippen molar-refractivity contribution in [2.75, 3.05) is 18.4 Å². The summed E-state index contributed by atoms with van der Waals surface area (Å²) in [5, 5.41) is 2.80. The molecule has 1 saturated carbocycles. The molecule has 1 spiro atoms. The minimum atomic E-state index is -0.371. The van der Waals surface area contributed by atoms with Crippen LogP contribution in [-0.2, 0) is 4.79 Å². The SMILES string of the molecule is Cc1ccc(C(=O)N2CCC3(CC3C(=O)Nc3cccc(F)c3)C2)cc1. The normalized spacial score (nSPS) is 23.9. The maximum atomic E-state index is 13.3. The third-order valence-corrected chi connectivity index (χ3v) is 5.57. The number of carbonyl (C=O) groups is 2. The van der Waals surface area contributed by atoms with Crippen molar-refractivity contribution >= 4 is 17.5 Å². The summed E-state index contributed by atoms with van der Waals surface area (Å²) in [6, 6.07) is 13.5. The standard InChI is InChI=1S/C21H21FN2O2/c1-14-5-7-15(8-6-14)20(26)24-10-9-21(13-24)12-18(21)19(25)23-17-4-2-3-16(22)11-17/h2-8,11,18H,9-10,12-13H2,1H3,(H,23,25). The van der Waals surface area contributed by atoms with Crippen molar-refractivity contribution in [1.82, 2.24) is 4.90 Å². The lowest BCUT2D eigenvalue weighted by atomic mass is 10.0. The lowest BCUT2D eigenvalue weighted by Crippen LogP contribution is -2.30. The van der Waals surface area contributed by atoms with Gasteiger partial charge in [0, 0.05) is 35.7 Å². The van der Waals surface area contributed by atoms with Gasteiger partial charge in [-0.1, -0.05) is 23.8 Å². The molecule has 2 aliphatic rings. The van der Waals surface area contributed by atoms with E-state index in [1.54, 1.807) is 12.1 Å². The maximum Gasteiger partial charge on any atom is 0.253 e. The van der Waals surface area contributed by atoms with E-state index in [-0.39, 0.29) is 29.0 Å². The Morgan fingerprint density at radius 2 is 1.96 bits per heavy atom. The van der Waals surface area contributed by atoms with Crippen molar-refractivity contribution in [1.29, 1.82) is 0 Å². The third-order valence-electron chi connectivity index (χ3n) is 5.57. The number of carbonyl (C=O) groups excluding carboxylic acids is 2. The average molecular weight is 352 g/mol. The zero-order valence-corrected chi connectivity index (χ0v) is 14.7. The van der Waals surface area contributed by atoms with Crippen molar-refractivity contribution in [3.63, 3.8) is 0 Å². The topological polar surface area (TPSA) is 49.4 Å². The largest absolute Gasteiger partial charge is 0.338 e. The number of amides is 2. The van der Waals surface area contributed by atoms with Gasteiger partial charge in [-0.05, 0) is 50.1 Å². The number of aryl methyl sites for hydroxylation is 1. The number of nitrogens with zero attached hydrogens (tertiary/aromatic N) is 1. The molecule has 1 heterocycles. The van der Waals surface area contributed by atoms with Gasteiger partial charge in [0.05, 0.1) is 0 Å². The maximum absolute atomic E-state index is 13.3. The van der Waals surface area contributed by atoms with E-state index in [0.717, 1.165) is 18.4 Å². The summed E-state index contributed by atoms with van der Waals surface area (Å²) >= 11 is 0. The van der Waals surface area contributed by atoms with Crippen LogP contribution in [0.1, 0.15) is 28.8 Å². The minimum Gasteiger partial charge on any atom is -0.338 e. The molecule has 2 atom stereocenters. The number of halogens is 1. The Kier molecular flexibility index (Phi) is 4.02. The van der Waals surface area contributed by atoms with Crippen molar-refractivity contribution in [3.8, 4) is 0 Å². The number of hydrogen-bond donors (Lipinski definition) is 1. The second-order valence-corrected chi connectivity index (χ2v) is 7.46. The van der Waals surface area contributed by atoms with Crippen molar-refractivity contribution in [2.45, 2.75) is 19.8 Å². The second kappa shape index (κ2) is 6.24. The number of likely N-dealkylation sites (tertiary alicyclic amines) is 1. The van der Waals surface area contributed by atoms with Gasteiger partial charge in [-0.3, -0.25) is 9.59 Å². The highest BCUT2D eigenvalue weighted by atomic mass is 19.1. The van der Waals surface area contributed by atoms with Crippen LogP contribution in [0.3, 0.4) is 0 Å². The van der Waals surface area contributed by atoms with E-state index in [0.29, 0.717) is 24.3 Å². The van der Waals surface area contributed by atoms with Crippen LogP contribution in [0, 0.1) is 24.1 Å². The van der Waals surface area contributed by atoms with Gasteiger partial charge in [0.2, 0.25) is 5.91 Å². The number of hydrogen-bond acceptors (Lipinski definition) is 2. The highest BCUT2D eigenvalue weighted by molar-refractivity contribution is 5.96. The molecule has 0 aromatic heterocycles. The highest BCUT2D eigenvalue weighted by Gasteiger charge is 2.61. The van der Waals surface area contributed by atoms with Gasteiger partial charge >= 0.3 is 0 Å². The average Bonchev–Trinajstić information content (AvgIpc) is 3.15. The Labute approximate surface area is 152 Å². The van der Waals surface area contributed by atoms with E-state index in [2.05, 4.69) is 5.32 Å². The zero-order valence-electron chi connectivity index (χ0n) is 14.7. The molecule has 26 heavy (non-hydrogen) atoms. The van der Waals surface area contributed by atoms with E-state index < -0.39 is 0 Å². The first-order valence-corrected chi connectivity index (χ1v) is 8.89. The summed E-state index contributed by atoms with van der Waals surface area (Å²) in [6.45, 7) is 3.28. The van der Waals surface area contributed by atoms with Crippen molar-refractivity contribution in [2.24, 2.45) is 11.3 Å². The van der Waals surface area contributed by atoms with Crippen LogP contribution >= 0.6 is 0 Å². The molecule has 4 rings (SSSR count). The van der Waals surface area contributed by atoms with Gasteiger partial charge in [-0.15, -0.1) is 0 Å². The highest BCUT2D eigenvalue weighted by Crippen LogP contribution is 2.58. The molecule has 1 aliphatic heterocycles. The Morgan fingerprint density at radius 1 is 1.19 bits per heavy atom. The molecule has 2 amide bonds. The quantitative estimate of drug-likeness (QED) is 0.917. The molecule has 134 valence electrons. The molecule has 0 radical (unpaired) electrons. The lowest BCUT2D eigenvalue weighted by molar-refractivity contribution is -0.118. The second-order valence-electron chi connectivity index (χ2n) is 7.46. The van der Waals surface area contributed by atoms with Crippen LogP contribution in [0.15, 0.2) is 48.5 Å². The minimum absolute atomic E-state index is 0.0260. The van der Waals surface area contributed by atoms with Gasteiger partial charge in [-0.25, -0.2) is 4.39 Å². The lowest BCUT2D eigenvalue weighted by Gasteiger charge is -2.17. The predicted octanol–water partition coefficient (Wildman–Crippen LogP) is 3.63. The van der Waals surface area contributed by atoms with Gasteiger partial charge in [0.25, 0.3) is 5.91 Å². The molecule has 2 fully saturated rings. The van der Waals surface area contributed by atoms with Gasteiger partial charge in [0.1, 0.15) is 5.82 Å². The molecule has 5 heteroatoms. The summed E-state index contributed by atoms with van der Waals surface area (Å²) in [5.74, 6) is -0.538. The number of benzene rings is 2. The van der Waals surface area contributed by atoms with E-state index in [4.69, 9.17) is 0 Å². The van der Waals surface area contributed by atoms with Gasteiger partial charge in [0.15, 0.2) is 0 Å². The summed E-state index contributed by atoms with van der Waals surface area (Å²) in [4.78, 5) is 27.0. The zero-order chi connectivity index (χ0) is 18.3. The van der Waals surface area contributed by atoms with E-state index >= 15 is 0 Å². The van der Waals surface area contributed by atoms with Crippen molar-refractivity contribution in [3.05, 3.63) is 65.5 Å². The smallest absolute Gasteiger partial charge is 0.253 e. The fraction of sp³-hybridized carbons (Fsp3) is 0.333. The number of nitrogens with one attached hydrogen (secondary N) is 1. The molecule has 1 saturated heterocycles. The fourth-order valence-electron chi connectivity index (χ4n) is 3.91. The molecule has 2 aromatic rings. The predicted molar refractivity (Wildman–Crippen MR) is 97.3 cm³/mol. The van der Waals surface area contributed by atoms with Crippen LogP contribution in [0.5, 0.6) is 0 Å². The van der Waals surface area contributed by atoms with E-state index in [9.17, 15) is 14.0 Å². The van der Waals surface area contributed by atoms with Crippen LogP contribution in [-0.4, -0.2) is 29.8 Å². The Balaban J connectivity index is 1.39. The summed E-state index contributed by atoms with van der Waals surface area (Å²) in [6.07, 6.45) is 1.62. The first-order valence-electron chi connectivity index (χ1n) is 8.89. The first-order chi connectivity index (χ1) is 12.5. The first kappa shape index (κ1) is 16.8. The number of rotatable bonds is 3. The molecule has 1 aliphatic carbocycles. The summed E-state index contributed by atoms with van der Waals surface area (Å²) < 4.78 is 13.3. The van der Waals surface area contributed by atoms with Crippen LogP contribution < -0.4 is 5.32 Å². The molecule has 4 nitrogen and oxygen atoms in total. The summed E-state index contributed by atoms with van der Waals surface area (Å²) in [7, 11) is 0. The van der Waals surface area contributed by atoms with E-state index in [1.165, 1.54) is 12.1 Å². The third kappa shape index (κ3) is 3.09. The van der Waals surface area contributed by atoms with Gasteiger partial charge < -0.3 is 10.2 Å².